The highest BCUT2D eigenvalue weighted by atomic mass is 16.6. The van der Waals surface area contributed by atoms with Crippen molar-refractivity contribution in [3.63, 3.8) is 0 Å². The average Bonchev–Trinajstić information content (AvgIpc) is 3.23. The van der Waals surface area contributed by atoms with E-state index in [1.807, 2.05) is 0 Å². The van der Waals surface area contributed by atoms with Crippen LogP contribution in [0.1, 0.15) is 0 Å². The molecule has 0 spiro atoms. The SMILES string of the molecule is O=c1[nH]c2cc([N+](=O)[O-])c(-n3ccnc3)cc2n(CCN2CCOCC2)c1=O. The first-order valence-corrected chi connectivity index (χ1v) is 8.78. The number of benzene rings is 1. The van der Waals surface area contributed by atoms with E-state index in [-0.39, 0.29) is 16.9 Å². The van der Waals surface area contributed by atoms with Crippen LogP contribution in [0.4, 0.5) is 5.69 Å². The molecule has 0 amide bonds. The summed E-state index contributed by atoms with van der Waals surface area (Å²) in [5, 5.41) is 11.5. The van der Waals surface area contributed by atoms with Gasteiger partial charge in [0, 0.05) is 44.6 Å². The number of H-pyrrole nitrogens is 1. The molecule has 3 heterocycles. The number of nitrogens with one attached hydrogen (secondary N) is 1. The Balaban J connectivity index is 1.84. The molecule has 2 aromatic heterocycles. The molecule has 0 saturated carbocycles. The predicted octanol–water partition coefficient (Wildman–Crippen LogP) is 0.116. The molecule has 1 aliphatic heterocycles. The van der Waals surface area contributed by atoms with Gasteiger partial charge in [-0.1, -0.05) is 0 Å². The Morgan fingerprint density at radius 1 is 1.21 bits per heavy atom. The standard InChI is InChI=1S/C17H18N6O5/c24-16-17(25)22(4-3-20-5-7-28-8-6-20)13-10-14(21-2-1-18-11-21)15(23(26)27)9-12(13)19-16/h1-2,9-11H,3-8H2,(H,19,24). The summed E-state index contributed by atoms with van der Waals surface area (Å²) < 4.78 is 8.19. The predicted molar refractivity (Wildman–Crippen MR) is 99.9 cm³/mol. The van der Waals surface area contributed by atoms with Crippen molar-refractivity contribution >= 4 is 16.7 Å². The highest BCUT2D eigenvalue weighted by Gasteiger charge is 2.20. The Labute approximate surface area is 157 Å². The summed E-state index contributed by atoms with van der Waals surface area (Å²) in [6.07, 6.45) is 4.53. The first-order valence-electron chi connectivity index (χ1n) is 8.78. The van der Waals surface area contributed by atoms with Gasteiger partial charge >= 0.3 is 11.1 Å². The monoisotopic (exact) mass is 386 g/mol. The van der Waals surface area contributed by atoms with Crippen LogP contribution in [-0.4, -0.2) is 61.8 Å². The zero-order valence-electron chi connectivity index (χ0n) is 14.9. The van der Waals surface area contributed by atoms with E-state index in [4.69, 9.17) is 4.74 Å². The first-order chi connectivity index (χ1) is 13.5. The molecular formula is C17H18N6O5. The first kappa shape index (κ1) is 18.1. The second-order valence-corrected chi connectivity index (χ2v) is 6.45. The van der Waals surface area contributed by atoms with Crippen LogP contribution in [0.25, 0.3) is 16.7 Å². The Hall–Kier alpha value is -3.31. The number of imidazole rings is 1. The summed E-state index contributed by atoms with van der Waals surface area (Å²) >= 11 is 0. The van der Waals surface area contributed by atoms with Crippen molar-refractivity contribution < 1.29 is 9.66 Å². The summed E-state index contributed by atoms with van der Waals surface area (Å²) in [5.41, 5.74) is -0.763. The van der Waals surface area contributed by atoms with Crippen molar-refractivity contribution in [2.45, 2.75) is 6.54 Å². The zero-order chi connectivity index (χ0) is 19.7. The number of nitro groups is 1. The van der Waals surface area contributed by atoms with Gasteiger partial charge in [0.25, 0.3) is 5.69 Å². The smallest absolute Gasteiger partial charge is 0.316 e. The van der Waals surface area contributed by atoms with E-state index < -0.39 is 16.0 Å². The molecule has 28 heavy (non-hydrogen) atoms. The van der Waals surface area contributed by atoms with E-state index in [0.717, 1.165) is 13.1 Å². The molecule has 0 aliphatic carbocycles. The van der Waals surface area contributed by atoms with E-state index in [9.17, 15) is 19.7 Å². The number of hydrogen-bond acceptors (Lipinski definition) is 7. The maximum absolute atomic E-state index is 12.5. The highest BCUT2D eigenvalue weighted by molar-refractivity contribution is 5.82. The molecule has 0 atom stereocenters. The fourth-order valence-corrected chi connectivity index (χ4v) is 3.34. The van der Waals surface area contributed by atoms with Gasteiger partial charge in [0.05, 0.1) is 35.5 Å². The summed E-state index contributed by atoms with van der Waals surface area (Å²) in [4.78, 5) is 44.1. The van der Waals surface area contributed by atoms with Crippen LogP contribution in [0.15, 0.2) is 40.4 Å². The highest BCUT2D eigenvalue weighted by Crippen LogP contribution is 2.27. The molecular weight excluding hydrogens is 368 g/mol. The zero-order valence-corrected chi connectivity index (χ0v) is 14.9. The minimum Gasteiger partial charge on any atom is -0.379 e. The fourth-order valence-electron chi connectivity index (χ4n) is 3.34. The average molecular weight is 386 g/mol. The minimum absolute atomic E-state index is 0.195. The van der Waals surface area contributed by atoms with Gasteiger partial charge in [-0.25, -0.2) is 4.98 Å². The van der Waals surface area contributed by atoms with Crippen LogP contribution in [0, 0.1) is 10.1 Å². The van der Waals surface area contributed by atoms with E-state index in [0.29, 0.717) is 31.8 Å². The third-order valence-corrected chi connectivity index (χ3v) is 4.79. The van der Waals surface area contributed by atoms with Crippen LogP contribution in [0.2, 0.25) is 0 Å². The summed E-state index contributed by atoms with van der Waals surface area (Å²) in [7, 11) is 0. The van der Waals surface area contributed by atoms with Crippen LogP contribution < -0.4 is 11.1 Å². The van der Waals surface area contributed by atoms with Crippen molar-refractivity contribution in [3.05, 3.63) is 61.7 Å². The maximum Gasteiger partial charge on any atom is 0.316 e. The molecule has 1 saturated heterocycles. The molecule has 0 unspecified atom stereocenters. The lowest BCUT2D eigenvalue weighted by molar-refractivity contribution is -0.384. The number of nitrogens with zero attached hydrogens (tertiary/aromatic N) is 5. The van der Waals surface area contributed by atoms with Crippen LogP contribution in [-0.2, 0) is 11.3 Å². The van der Waals surface area contributed by atoms with E-state index in [1.54, 1.807) is 6.20 Å². The molecule has 11 heteroatoms. The number of nitro benzene ring substituents is 1. The number of aromatic amines is 1. The molecule has 1 aromatic carbocycles. The number of ether oxygens (including phenoxy) is 1. The van der Waals surface area contributed by atoms with Crippen LogP contribution >= 0.6 is 0 Å². The lowest BCUT2D eigenvalue weighted by atomic mass is 10.2. The summed E-state index contributed by atoms with van der Waals surface area (Å²) in [6, 6.07) is 2.81. The Kier molecular flexibility index (Phi) is 4.75. The van der Waals surface area contributed by atoms with Gasteiger partial charge in [0.15, 0.2) is 0 Å². The van der Waals surface area contributed by atoms with E-state index in [2.05, 4.69) is 14.9 Å². The molecule has 4 rings (SSSR count). The van der Waals surface area contributed by atoms with Crippen LogP contribution in [0.3, 0.4) is 0 Å². The molecule has 1 fully saturated rings. The second kappa shape index (κ2) is 7.37. The third kappa shape index (κ3) is 3.32. The number of fused-ring (bicyclic) bond motifs is 1. The molecule has 146 valence electrons. The van der Waals surface area contributed by atoms with Crippen molar-refractivity contribution in [3.8, 4) is 5.69 Å². The third-order valence-electron chi connectivity index (χ3n) is 4.79. The second-order valence-electron chi connectivity index (χ2n) is 6.45. The van der Waals surface area contributed by atoms with Gasteiger partial charge in [-0.15, -0.1) is 0 Å². The Morgan fingerprint density at radius 2 is 2.00 bits per heavy atom. The summed E-state index contributed by atoms with van der Waals surface area (Å²) in [6.45, 7) is 3.62. The van der Waals surface area contributed by atoms with Crippen LogP contribution in [0.5, 0.6) is 0 Å². The topological polar surface area (TPSA) is 128 Å². The molecule has 0 radical (unpaired) electrons. The number of morpholine rings is 1. The van der Waals surface area contributed by atoms with E-state index >= 15 is 0 Å². The van der Waals surface area contributed by atoms with Gasteiger partial charge < -0.3 is 18.9 Å². The lowest BCUT2D eigenvalue weighted by Gasteiger charge is -2.26. The molecule has 3 aromatic rings. The number of aromatic nitrogens is 4. The fraction of sp³-hybridized carbons (Fsp3) is 0.353. The van der Waals surface area contributed by atoms with Crippen molar-refractivity contribution in [2.75, 3.05) is 32.8 Å². The quantitative estimate of drug-likeness (QED) is 0.374. The van der Waals surface area contributed by atoms with Gasteiger partial charge in [0.1, 0.15) is 5.69 Å². The van der Waals surface area contributed by atoms with Gasteiger partial charge in [0.2, 0.25) is 0 Å². The summed E-state index contributed by atoms with van der Waals surface area (Å²) in [5.74, 6) is 0. The lowest BCUT2D eigenvalue weighted by Crippen LogP contribution is -2.42. The normalized spacial score (nSPS) is 15.1. The molecule has 1 N–H and O–H groups in total. The van der Waals surface area contributed by atoms with Crippen molar-refractivity contribution in [1.29, 1.82) is 0 Å². The minimum atomic E-state index is -0.806. The molecule has 0 bridgehead atoms. The molecule has 11 nitrogen and oxygen atoms in total. The molecule has 1 aliphatic rings. The van der Waals surface area contributed by atoms with Gasteiger partial charge in [-0.05, 0) is 6.07 Å². The van der Waals surface area contributed by atoms with Gasteiger partial charge in [-0.3, -0.25) is 24.6 Å². The Bertz CT molecular complexity index is 1130. The number of hydrogen-bond donors (Lipinski definition) is 1. The van der Waals surface area contributed by atoms with Gasteiger partial charge in [-0.2, -0.15) is 0 Å². The number of rotatable bonds is 5. The van der Waals surface area contributed by atoms with Crippen molar-refractivity contribution in [1.82, 2.24) is 24.0 Å². The largest absolute Gasteiger partial charge is 0.379 e. The van der Waals surface area contributed by atoms with Crippen molar-refractivity contribution in [2.24, 2.45) is 0 Å². The maximum atomic E-state index is 12.5. The Morgan fingerprint density at radius 3 is 2.68 bits per heavy atom. The van der Waals surface area contributed by atoms with E-state index in [1.165, 1.54) is 33.8 Å².